The first-order valence-electron chi connectivity index (χ1n) is 11.0. The highest BCUT2D eigenvalue weighted by atomic mass is 79.9. The van der Waals surface area contributed by atoms with E-state index < -0.39 is 5.97 Å². The lowest BCUT2D eigenvalue weighted by atomic mass is 9.93. The lowest BCUT2D eigenvalue weighted by molar-refractivity contribution is 0.0698. The van der Waals surface area contributed by atoms with Crippen LogP contribution < -0.4 is 10.2 Å². The minimum atomic E-state index is -0.557. The molecule has 0 aliphatic heterocycles. The molecule has 5 rings (SSSR count). The highest BCUT2D eigenvalue weighted by molar-refractivity contribution is 9.10. The number of halogens is 1. The third-order valence-corrected chi connectivity index (χ3v) is 6.54. The molecule has 1 aliphatic carbocycles. The number of rotatable bonds is 4. The maximum Gasteiger partial charge on any atom is 0.379 e. The first kappa shape index (κ1) is 22.1. The lowest BCUT2D eigenvalue weighted by Crippen LogP contribution is -2.22. The fourth-order valence-corrected chi connectivity index (χ4v) is 4.65. The zero-order chi connectivity index (χ0) is 23.7. The summed E-state index contributed by atoms with van der Waals surface area (Å²) >= 11 is 3.38. The van der Waals surface area contributed by atoms with Gasteiger partial charge in [0.15, 0.2) is 0 Å². The van der Waals surface area contributed by atoms with E-state index in [0.717, 1.165) is 22.8 Å². The Kier molecular flexibility index (Phi) is 6.02. The van der Waals surface area contributed by atoms with Crippen LogP contribution >= 0.6 is 15.9 Å². The van der Waals surface area contributed by atoms with Gasteiger partial charge in [0, 0.05) is 22.0 Å². The van der Waals surface area contributed by atoms with Gasteiger partial charge in [-0.25, -0.2) is 10.2 Å². The minimum absolute atomic E-state index is 0.157. The second kappa shape index (κ2) is 9.27. The van der Waals surface area contributed by atoms with Crippen LogP contribution in [0.15, 0.2) is 80.7 Å². The van der Waals surface area contributed by atoms with Crippen molar-refractivity contribution in [3.8, 4) is 5.75 Å². The van der Waals surface area contributed by atoms with Crippen molar-refractivity contribution in [1.82, 2.24) is 5.43 Å². The molecule has 7 heteroatoms. The summed E-state index contributed by atoms with van der Waals surface area (Å²) in [5, 5.41) is 6.43. The third kappa shape index (κ3) is 4.26. The number of ether oxygens (including phenoxy) is 1. The zero-order valence-electron chi connectivity index (χ0n) is 18.4. The molecule has 1 aromatic heterocycles. The quantitative estimate of drug-likeness (QED) is 0.199. The fraction of sp³-hybridized carbons (Fsp3) is 0.148. The van der Waals surface area contributed by atoms with Gasteiger partial charge in [0.05, 0.1) is 11.3 Å². The molecule has 1 N–H and O–H groups in total. The van der Waals surface area contributed by atoms with Gasteiger partial charge in [0.25, 0.3) is 5.91 Å². The van der Waals surface area contributed by atoms with Gasteiger partial charge in [0.1, 0.15) is 11.5 Å². The van der Waals surface area contributed by atoms with Crippen molar-refractivity contribution in [2.24, 2.45) is 5.10 Å². The Morgan fingerprint density at radius 3 is 2.59 bits per heavy atom. The number of hydrogen-bond acceptors (Lipinski definition) is 5. The number of carbonyl (C=O) groups excluding carboxylic acids is 2. The molecule has 1 amide bonds. The van der Waals surface area contributed by atoms with Gasteiger partial charge >= 0.3 is 5.97 Å². The van der Waals surface area contributed by atoms with E-state index in [-0.39, 0.29) is 11.7 Å². The van der Waals surface area contributed by atoms with E-state index in [1.807, 2.05) is 49.4 Å². The van der Waals surface area contributed by atoms with Gasteiger partial charge in [-0.2, -0.15) is 5.10 Å². The molecule has 0 atom stereocenters. The topological polar surface area (TPSA) is 80.9 Å². The Bertz CT molecular complexity index is 1450. The van der Waals surface area contributed by atoms with E-state index in [2.05, 4.69) is 26.5 Å². The van der Waals surface area contributed by atoms with Crippen LogP contribution in [0.1, 0.15) is 50.6 Å². The van der Waals surface area contributed by atoms with Crippen LogP contribution in [0.2, 0.25) is 0 Å². The number of nitrogens with zero attached hydrogens (tertiary/aromatic N) is 1. The van der Waals surface area contributed by atoms with Crippen LogP contribution in [0.4, 0.5) is 0 Å². The van der Waals surface area contributed by atoms with Crippen LogP contribution in [-0.4, -0.2) is 17.6 Å². The number of amides is 1. The number of carbonyl (C=O) groups is 2. The number of aryl methyl sites for hydroxylation is 1. The molecule has 0 unspecified atom stereocenters. The molecule has 3 aromatic carbocycles. The number of furan rings is 1. The van der Waals surface area contributed by atoms with Crippen LogP contribution in [0.5, 0.6) is 5.75 Å². The Balaban J connectivity index is 1.39. The van der Waals surface area contributed by atoms with E-state index in [0.29, 0.717) is 45.7 Å². The van der Waals surface area contributed by atoms with E-state index in [1.165, 1.54) is 0 Å². The fourth-order valence-electron chi connectivity index (χ4n) is 4.18. The molecule has 170 valence electrons. The molecule has 0 spiro atoms. The van der Waals surface area contributed by atoms with Gasteiger partial charge in [-0.3, -0.25) is 4.79 Å². The molecule has 4 aromatic rings. The Morgan fingerprint density at radius 1 is 1.00 bits per heavy atom. The summed E-state index contributed by atoms with van der Waals surface area (Å²) in [6.45, 7) is 1.82. The van der Waals surface area contributed by atoms with Gasteiger partial charge in [-0.05, 0) is 70.7 Å². The van der Waals surface area contributed by atoms with E-state index >= 15 is 0 Å². The number of benzene rings is 3. The molecule has 0 radical (unpaired) electrons. The summed E-state index contributed by atoms with van der Waals surface area (Å²) in [7, 11) is 0. The maximum absolute atomic E-state index is 13.0. The van der Waals surface area contributed by atoms with Crippen LogP contribution in [-0.2, 0) is 6.42 Å². The molecular weight excluding hydrogens is 496 g/mol. The summed E-state index contributed by atoms with van der Waals surface area (Å²) in [6, 6.07) is 20.5. The van der Waals surface area contributed by atoms with Gasteiger partial charge in [0.2, 0.25) is 5.76 Å². The zero-order valence-corrected chi connectivity index (χ0v) is 20.0. The molecule has 6 nitrogen and oxygen atoms in total. The standard InChI is InChI=1S/C27H21BrN2O4/c1-16-24-22(29-30-26(31)20-9-4-5-10-21(20)28)11-6-12-23(24)34-25(16)27(32)33-19-14-13-17-7-2-3-8-18(17)15-19/h2-5,7-10,13-15H,6,11-12H2,1H3,(H,30,31)/b29-22+. The van der Waals surface area contributed by atoms with Crippen molar-refractivity contribution < 1.29 is 18.7 Å². The molecular formula is C27H21BrN2O4. The average Bonchev–Trinajstić information content (AvgIpc) is 3.20. The summed E-state index contributed by atoms with van der Waals surface area (Å²) < 4.78 is 12.2. The first-order valence-corrected chi connectivity index (χ1v) is 11.8. The number of esters is 1. The second-order valence-electron chi connectivity index (χ2n) is 8.09. The van der Waals surface area contributed by atoms with Crippen molar-refractivity contribution in [2.75, 3.05) is 0 Å². The number of hydrazone groups is 1. The Morgan fingerprint density at radius 2 is 1.76 bits per heavy atom. The predicted octanol–water partition coefficient (Wildman–Crippen LogP) is 6.19. The largest absolute Gasteiger partial charge is 0.453 e. The highest BCUT2D eigenvalue weighted by Crippen LogP contribution is 2.31. The van der Waals surface area contributed by atoms with E-state index in [9.17, 15) is 9.59 Å². The smallest absolute Gasteiger partial charge is 0.379 e. The van der Waals surface area contributed by atoms with Gasteiger partial charge < -0.3 is 9.15 Å². The Labute approximate surface area is 204 Å². The van der Waals surface area contributed by atoms with Crippen LogP contribution in [0.25, 0.3) is 10.8 Å². The molecule has 1 heterocycles. The normalized spacial score (nSPS) is 14.1. The van der Waals surface area contributed by atoms with Crippen molar-refractivity contribution >= 4 is 44.3 Å². The van der Waals surface area contributed by atoms with Gasteiger partial charge in [-0.1, -0.05) is 42.5 Å². The monoisotopic (exact) mass is 516 g/mol. The summed E-state index contributed by atoms with van der Waals surface area (Å²) in [4.78, 5) is 25.5. The number of hydrogen-bond donors (Lipinski definition) is 1. The third-order valence-electron chi connectivity index (χ3n) is 5.85. The van der Waals surface area contributed by atoms with Crippen molar-refractivity contribution in [3.63, 3.8) is 0 Å². The van der Waals surface area contributed by atoms with E-state index in [1.54, 1.807) is 24.3 Å². The van der Waals surface area contributed by atoms with Crippen molar-refractivity contribution in [2.45, 2.75) is 26.2 Å². The van der Waals surface area contributed by atoms with Crippen LogP contribution in [0.3, 0.4) is 0 Å². The van der Waals surface area contributed by atoms with Crippen LogP contribution in [0, 0.1) is 6.92 Å². The number of nitrogens with one attached hydrogen (secondary N) is 1. The minimum Gasteiger partial charge on any atom is -0.453 e. The molecule has 1 aliphatic rings. The van der Waals surface area contributed by atoms with E-state index in [4.69, 9.17) is 9.15 Å². The first-order chi connectivity index (χ1) is 16.5. The lowest BCUT2D eigenvalue weighted by Gasteiger charge is -2.13. The molecule has 0 fully saturated rings. The second-order valence-corrected chi connectivity index (χ2v) is 8.94. The van der Waals surface area contributed by atoms with Gasteiger partial charge in [-0.15, -0.1) is 0 Å². The van der Waals surface area contributed by atoms with Crippen molar-refractivity contribution in [1.29, 1.82) is 0 Å². The summed E-state index contributed by atoms with van der Waals surface area (Å²) in [5.41, 5.74) is 5.24. The Hall–Kier alpha value is -3.71. The molecule has 0 saturated heterocycles. The SMILES string of the molecule is Cc1c(C(=O)Oc2ccc3ccccc3c2)oc2c1/C(=N/NC(=O)c1ccccc1Br)CCC2. The highest BCUT2D eigenvalue weighted by Gasteiger charge is 2.29. The molecule has 0 bridgehead atoms. The maximum atomic E-state index is 13.0. The average molecular weight is 517 g/mol. The molecule has 34 heavy (non-hydrogen) atoms. The van der Waals surface area contributed by atoms with Crippen molar-refractivity contribution in [3.05, 3.63) is 99.4 Å². The number of fused-ring (bicyclic) bond motifs is 2. The summed E-state index contributed by atoms with van der Waals surface area (Å²) in [6.07, 6.45) is 2.17. The summed E-state index contributed by atoms with van der Waals surface area (Å²) in [5.74, 6) is 0.419. The molecule has 0 saturated carbocycles. The predicted molar refractivity (Wildman–Crippen MR) is 133 cm³/mol.